The lowest BCUT2D eigenvalue weighted by atomic mass is 9.86. The van der Waals surface area contributed by atoms with Crippen LogP contribution in [0.25, 0.3) is 11.0 Å². The molecule has 2 aromatic carbocycles. The van der Waals surface area contributed by atoms with Crippen molar-refractivity contribution in [2.45, 2.75) is 69.2 Å². The number of fused-ring (bicyclic) bond motifs is 1. The Hall–Kier alpha value is -2.48. The zero-order valence-corrected chi connectivity index (χ0v) is 20.4. The van der Waals surface area contributed by atoms with Gasteiger partial charge in [-0.25, -0.2) is 22.2 Å². The third kappa shape index (κ3) is 4.76. The molecule has 0 bridgehead atoms. The summed E-state index contributed by atoms with van der Waals surface area (Å²) in [7, 11) is -2.16. The molecule has 1 fully saturated rings. The lowest BCUT2D eigenvalue weighted by molar-refractivity contribution is -0.0473. The number of hydrogen-bond acceptors (Lipinski definition) is 3. The summed E-state index contributed by atoms with van der Waals surface area (Å²) in [5, 5.41) is 0. The Balaban J connectivity index is 1.70. The van der Waals surface area contributed by atoms with E-state index in [0.29, 0.717) is 30.6 Å². The van der Waals surface area contributed by atoms with E-state index < -0.39 is 15.9 Å². The highest BCUT2D eigenvalue weighted by Gasteiger charge is 2.36. The number of benzene rings is 2. The smallest absolute Gasteiger partial charge is 0.264 e. The number of anilines is 1. The fourth-order valence-corrected chi connectivity index (χ4v) is 5.71. The predicted octanol–water partition coefficient (Wildman–Crippen LogP) is 5.98. The number of aromatic nitrogens is 2. The zero-order valence-electron chi connectivity index (χ0n) is 19.6. The molecule has 4 rings (SSSR count). The lowest BCUT2D eigenvalue weighted by Crippen LogP contribution is -2.28. The van der Waals surface area contributed by atoms with Crippen molar-refractivity contribution >= 4 is 26.7 Å². The summed E-state index contributed by atoms with van der Waals surface area (Å²) in [4.78, 5) is 5.09. The highest BCUT2D eigenvalue weighted by atomic mass is 32.2. The Kier molecular flexibility index (Phi) is 6.01. The second-order valence-electron chi connectivity index (χ2n) is 10.1. The molecular weight excluding hydrogens is 444 g/mol. The lowest BCUT2D eigenvalue weighted by Gasteiger charge is -2.30. The first-order valence-corrected chi connectivity index (χ1v) is 12.8. The van der Waals surface area contributed by atoms with Crippen molar-refractivity contribution in [2.24, 2.45) is 5.92 Å². The molecule has 5 nitrogen and oxygen atoms in total. The molecule has 178 valence electrons. The van der Waals surface area contributed by atoms with Crippen LogP contribution in [0.2, 0.25) is 0 Å². The minimum atomic E-state index is -3.70. The summed E-state index contributed by atoms with van der Waals surface area (Å²) in [6, 6.07) is 13.8. The molecule has 0 amide bonds. The molecule has 1 heterocycles. The summed E-state index contributed by atoms with van der Waals surface area (Å²) >= 11 is 0. The summed E-state index contributed by atoms with van der Waals surface area (Å²) in [5.74, 6) is -1.51. The maximum Gasteiger partial charge on any atom is 0.264 e. The molecular formula is C25H31F2N3O2S. The van der Waals surface area contributed by atoms with Gasteiger partial charge in [0.2, 0.25) is 5.92 Å². The summed E-state index contributed by atoms with van der Waals surface area (Å²) in [6.07, 6.45) is 0.849. The van der Waals surface area contributed by atoms with Gasteiger partial charge < -0.3 is 4.57 Å². The largest absolute Gasteiger partial charge is 0.327 e. The number of sulfonamides is 1. The fraction of sp³-hybridized carbons (Fsp3) is 0.480. The van der Waals surface area contributed by atoms with Gasteiger partial charge >= 0.3 is 0 Å². The Morgan fingerprint density at radius 2 is 1.73 bits per heavy atom. The van der Waals surface area contributed by atoms with Gasteiger partial charge in [-0.05, 0) is 49.1 Å². The number of alkyl halides is 2. The van der Waals surface area contributed by atoms with E-state index in [9.17, 15) is 17.2 Å². The highest BCUT2D eigenvalue weighted by molar-refractivity contribution is 7.92. The molecule has 8 heteroatoms. The van der Waals surface area contributed by atoms with Crippen molar-refractivity contribution in [2.75, 3.05) is 11.4 Å². The molecule has 1 aliphatic carbocycles. The minimum Gasteiger partial charge on any atom is -0.327 e. The van der Waals surface area contributed by atoms with Crippen LogP contribution in [0, 0.1) is 5.92 Å². The number of nitrogens with zero attached hydrogens (tertiary/aromatic N) is 3. The van der Waals surface area contributed by atoms with E-state index in [0.717, 1.165) is 11.3 Å². The minimum absolute atomic E-state index is 0.0680. The first kappa shape index (κ1) is 23.7. The third-order valence-electron chi connectivity index (χ3n) is 6.45. The predicted molar refractivity (Wildman–Crippen MR) is 127 cm³/mol. The van der Waals surface area contributed by atoms with Crippen molar-refractivity contribution in [3.63, 3.8) is 0 Å². The van der Waals surface area contributed by atoms with Crippen LogP contribution in [0.1, 0.15) is 52.3 Å². The van der Waals surface area contributed by atoms with E-state index in [2.05, 4.69) is 25.3 Å². The Bertz CT molecular complexity index is 1240. The molecule has 1 aromatic heterocycles. The molecule has 33 heavy (non-hydrogen) atoms. The monoisotopic (exact) mass is 475 g/mol. The zero-order chi connectivity index (χ0) is 24.0. The maximum atomic E-state index is 13.6. The molecule has 0 spiro atoms. The van der Waals surface area contributed by atoms with Crippen LogP contribution in [-0.2, 0) is 22.0 Å². The van der Waals surface area contributed by atoms with Crippen LogP contribution in [0.15, 0.2) is 53.4 Å². The average Bonchev–Trinajstić information content (AvgIpc) is 3.13. The molecule has 3 aromatic rings. The van der Waals surface area contributed by atoms with Crippen LogP contribution < -0.4 is 4.31 Å². The number of halogens is 2. The van der Waals surface area contributed by atoms with E-state index >= 15 is 0 Å². The van der Waals surface area contributed by atoms with Gasteiger partial charge in [0.1, 0.15) is 5.82 Å². The van der Waals surface area contributed by atoms with Gasteiger partial charge in [-0.15, -0.1) is 0 Å². The van der Waals surface area contributed by atoms with Crippen LogP contribution >= 0.6 is 0 Å². The maximum absolute atomic E-state index is 13.6. The van der Waals surface area contributed by atoms with E-state index in [-0.39, 0.29) is 29.1 Å². The molecule has 1 aliphatic rings. The van der Waals surface area contributed by atoms with E-state index in [1.165, 1.54) is 11.4 Å². The van der Waals surface area contributed by atoms with Gasteiger partial charge in [0, 0.05) is 31.8 Å². The average molecular weight is 476 g/mol. The third-order valence-corrected chi connectivity index (χ3v) is 8.25. The quantitative estimate of drug-likeness (QED) is 0.456. The van der Waals surface area contributed by atoms with Gasteiger partial charge in [0.25, 0.3) is 10.0 Å². The normalized spacial score (nSPS) is 17.4. The Morgan fingerprint density at radius 1 is 1.09 bits per heavy atom. The summed E-state index contributed by atoms with van der Waals surface area (Å²) < 4.78 is 56.8. The van der Waals surface area contributed by atoms with Gasteiger partial charge in [0.05, 0.1) is 21.6 Å². The summed E-state index contributed by atoms with van der Waals surface area (Å²) in [5.41, 5.74) is 1.87. The van der Waals surface area contributed by atoms with Crippen molar-refractivity contribution in [1.82, 2.24) is 9.55 Å². The molecule has 0 atom stereocenters. The summed E-state index contributed by atoms with van der Waals surface area (Å²) in [6.45, 7) is 6.86. The molecule has 0 radical (unpaired) electrons. The number of hydrogen-bond donors (Lipinski definition) is 0. The van der Waals surface area contributed by atoms with E-state index in [4.69, 9.17) is 4.98 Å². The van der Waals surface area contributed by atoms with Crippen LogP contribution in [0.3, 0.4) is 0 Å². The first-order chi connectivity index (χ1) is 15.4. The molecule has 0 N–H and O–H groups in total. The second kappa shape index (κ2) is 8.38. The Morgan fingerprint density at radius 3 is 2.33 bits per heavy atom. The SMILES string of the molecule is CN(c1ccc2c(c1)nc(C(C)(C)C)n2CC1CCC(F)(F)CC1)S(=O)(=O)c1ccccc1. The number of imidazole rings is 1. The molecule has 0 unspecified atom stereocenters. The van der Waals surface area contributed by atoms with Crippen molar-refractivity contribution < 1.29 is 17.2 Å². The van der Waals surface area contributed by atoms with Crippen molar-refractivity contribution in [1.29, 1.82) is 0 Å². The van der Waals surface area contributed by atoms with Crippen LogP contribution in [0.4, 0.5) is 14.5 Å². The van der Waals surface area contributed by atoms with E-state index in [1.54, 1.807) is 42.5 Å². The van der Waals surface area contributed by atoms with Gasteiger partial charge in [-0.1, -0.05) is 39.0 Å². The fourth-order valence-electron chi connectivity index (χ4n) is 4.50. The molecule has 0 aliphatic heterocycles. The highest BCUT2D eigenvalue weighted by Crippen LogP contribution is 2.38. The second-order valence-corrected chi connectivity index (χ2v) is 12.0. The van der Waals surface area contributed by atoms with Gasteiger partial charge in [0.15, 0.2) is 0 Å². The van der Waals surface area contributed by atoms with Gasteiger partial charge in [-0.3, -0.25) is 4.31 Å². The van der Waals surface area contributed by atoms with Crippen LogP contribution in [-0.4, -0.2) is 30.9 Å². The molecule has 1 saturated carbocycles. The van der Waals surface area contributed by atoms with Crippen LogP contribution in [0.5, 0.6) is 0 Å². The van der Waals surface area contributed by atoms with Gasteiger partial charge in [-0.2, -0.15) is 0 Å². The topological polar surface area (TPSA) is 55.2 Å². The standard InChI is InChI=1S/C25H31F2N3O2S/c1-24(2,3)23-28-21-16-19(29(4)33(31,32)20-8-6-5-7-9-20)10-11-22(21)30(23)17-18-12-14-25(26,27)15-13-18/h5-11,16,18H,12-15,17H2,1-4H3. The van der Waals surface area contributed by atoms with Crippen molar-refractivity contribution in [3.8, 4) is 0 Å². The van der Waals surface area contributed by atoms with Crippen molar-refractivity contribution in [3.05, 3.63) is 54.4 Å². The number of rotatable bonds is 5. The Labute approximate surface area is 194 Å². The van der Waals surface area contributed by atoms with E-state index in [1.807, 2.05) is 6.07 Å². The first-order valence-electron chi connectivity index (χ1n) is 11.3. The molecule has 0 saturated heterocycles.